The largest absolute Gasteiger partial charge is 0.482 e. The zero-order valence-electron chi connectivity index (χ0n) is 15.7. The van der Waals surface area contributed by atoms with E-state index in [2.05, 4.69) is 4.98 Å². The van der Waals surface area contributed by atoms with E-state index in [1.54, 1.807) is 35.5 Å². The summed E-state index contributed by atoms with van der Waals surface area (Å²) >= 11 is 13.9. The lowest BCUT2D eigenvalue weighted by atomic mass is 10.1. The van der Waals surface area contributed by atoms with Gasteiger partial charge in [0.05, 0.1) is 29.5 Å². The predicted octanol–water partition coefficient (Wildman–Crippen LogP) is 5.23. The van der Waals surface area contributed by atoms with Crippen LogP contribution in [0.1, 0.15) is 10.6 Å². The van der Waals surface area contributed by atoms with Crippen LogP contribution in [0, 0.1) is 0 Å². The fraction of sp³-hybridized carbons (Fsp3) is 0.238. The molecule has 8 heteroatoms. The Balaban J connectivity index is 1.65. The molecule has 2 heterocycles. The van der Waals surface area contributed by atoms with Crippen LogP contribution < -0.4 is 9.64 Å². The summed E-state index contributed by atoms with van der Waals surface area (Å²) in [6.45, 7) is 0.968. The Hall–Kier alpha value is -2.12. The quantitative estimate of drug-likeness (QED) is 0.517. The molecule has 1 amide bonds. The maximum atomic E-state index is 12.6. The predicted molar refractivity (Wildman–Crippen MR) is 116 cm³/mol. The minimum atomic E-state index is -0.125. The van der Waals surface area contributed by atoms with Gasteiger partial charge < -0.3 is 14.4 Å². The first-order valence-electron chi connectivity index (χ1n) is 9.00. The zero-order valence-corrected chi connectivity index (χ0v) is 18.0. The van der Waals surface area contributed by atoms with Crippen molar-refractivity contribution in [3.8, 4) is 17.0 Å². The Morgan fingerprint density at radius 3 is 2.90 bits per heavy atom. The zero-order chi connectivity index (χ0) is 20.4. The monoisotopic (exact) mass is 448 g/mol. The van der Waals surface area contributed by atoms with Gasteiger partial charge in [0.1, 0.15) is 5.75 Å². The van der Waals surface area contributed by atoms with Crippen LogP contribution in [-0.2, 0) is 22.5 Å². The molecule has 0 saturated carbocycles. The van der Waals surface area contributed by atoms with Crippen LogP contribution in [0.3, 0.4) is 0 Å². The number of rotatable bonds is 6. The smallest absolute Gasteiger partial charge is 0.265 e. The average Bonchev–Trinajstić information content (AvgIpc) is 3.19. The van der Waals surface area contributed by atoms with Gasteiger partial charge in [-0.05, 0) is 35.9 Å². The number of fused-ring (bicyclic) bond motifs is 1. The van der Waals surface area contributed by atoms with Gasteiger partial charge in [0, 0.05) is 34.5 Å². The van der Waals surface area contributed by atoms with Crippen molar-refractivity contribution in [3.05, 3.63) is 62.4 Å². The third kappa shape index (κ3) is 4.41. The van der Waals surface area contributed by atoms with Crippen molar-refractivity contribution in [2.75, 3.05) is 25.2 Å². The Labute approximate surface area is 182 Å². The number of carbonyl (C=O) groups excluding carboxylic acids is 1. The molecule has 1 aliphatic rings. The Kier molecular flexibility index (Phi) is 6.06. The SMILES string of the molecule is COCCc1nc(-c2ccc3c(c2)N(Cc2ccc(Cl)cc2Cl)C(=O)CO3)cs1. The van der Waals surface area contributed by atoms with Crippen LogP contribution in [0.4, 0.5) is 5.69 Å². The van der Waals surface area contributed by atoms with Crippen molar-refractivity contribution < 1.29 is 14.3 Å². The maximum Gasteiger partial charge on any atom is 0.265 e. The second-order valence-electron chi connectivity index (χ2n) is 6.56. The van der Waals surface area contributed by atoms with Crippen LogP contribution in [0.5, 0.6) is 5.75 Å². The summed E-state index contributed by atoms with van der Waals surface area (Å²) in [6.07, 6.45) is 0.773. The van der Waals surface area contributed by atoms with Crippen LogP contribution in [0.25, 0.3) is 11.3 Å². The molecule has 150 valence electrons. The number of halogens is 2. The molecule has 2 aromatic carbocycles. The molecule has 0 radical (unpaired) electrons. The number of methoxy groups -OCH3 is 1. The number of benzene rings is 2. The lowest BCUT2D eigenvalue weighted by Crippen LogP contribution is -2.38. The average molecular weight is 449 g/mol. The topological polar surface area (TPSA) is 51.7 Å². The van der Waals surface area contributed by atoms with Crippen molar-refractivity contribution in [1.29, 1.82) is 0 Å². The molecule has 0 aliphatic carbocycles. The minimum Gasteiger partial charge on any atom is -0.482 e. The summed E-state index contributed by atoms with van der Waals surface area (Å²) in [7, 11) is 1.68. The normalized spacial score (nSPS) is 13.3. The summed E-state index contributed by atoms with van der Waals surface area (Å²) in [5.74, 6) is 0.535. The highest BCUT2D eigenvalue weighted by Crippen LogP contribution is 2.38. The number of carbonyl (C=O) groups is 1. The highest BCUT2D eigenvalue weighted by atomic mass is 35.5. The fourth-order valence-corrected chi connectivity index (χ4v) is 4.36. The lowest BCUT2D eigenvalue weighted by Gasteiger charge is -2.30. The van der Waals surface area contributed by atoms with E-state index < -0.39 is 0 Å². The molecule has 0 spiro atoms. The fourth-order valence-electron chi connectivity index (χ4n) is 3.10. The van der Waals surface area contributed by atoms with Gasteiger partial charge in [0.2, 0.25) is 0 Å². The molecule has 0 N–H and O–H groups in total. The van der Waals surface area contributed by atoms with E-state index in [1.807, 2.05) is 29.6 Å². The molecule has 29 heavy (non-hydrogen) atoms. The number of hydrogen-bond donors (Lipinski definition) is 0. The molecule has 1 aromatic heterocycles. The molecule has 3 aromatic rings. The molecule has 0 atom stereocenters. The first kappa shape index (κ1) is 20.2. The van der Waals surface area contributed by atoms with Crippen molar-refractivity contribution in [1.82, 2.24) is 4.98 Å². The van der Waals surface area contributed by atoms with Crippen LogP contribution in [0.15, 0.2) is 41.8 Å². The summed E-state index contributed by atoms with van der Waals surface area (Å²) in [4.78, 5) is 19.0. The third-order valence-electron chi connectivity index (χ3n) is 4.61. The van der Waals surface area contributed by atoms with E-state index in [1.165, 1.54) is 0 Å². The van der Waals surface area contributed by atoms with Crippen LogP contribution in [-0.4, -0.2) is 31.2 Å². The van der Waals surface area contributed by atoms with E-state index in [0.717, 1.165) is 28.2 Å². The number of anilines is 1. The summed E-state index contributed by atoms with van der Waals surface area (Å²) in [5.41, 5.74) is 3.31. The van der Waals surface area contributed by atoms with Gasteiger partial charge in [-0.25, -0.2) is 4.98 Å². The molecular weight excluding hydrogens is 431 g/mol. The summed E-state index contributed by atoms with van der Waals surface area (Å²) in [6, 6.07) is 11.0. The number of aromatic nitrogens is 1. The highest BCUT2D eigenvalue weighted by molar-refractivity contribution is 7.09. The standard InChI is InChI=1S/C21H18Cl2N2O3S/c1-27-7-6-20-24-17(12-29-20)13-3-5-19-18(8-13)25(21(26)11-28-19)10-14-2-4-15(22)9-16(14)23/h2-5,8-9,12H,6-7,10-11H2,1H3. The third-order valence-corrected chi connectivity index (χ3v) is 6.11. The molecule has 5 nitrogen and oxygen atoms in total. The number of thiazole rings is 1. The van der Waals surface area contributed by atoms with Crippen LogP contribution >= 0.6 is 34.5 Å². The van der Waals surface area contributed by atoms with Gasteiger partial charge in [-0.2, -0.15) is 0 Å². The van der Waals surface area contributed by atoms with Crippen molar-refractivity contribution in [2.45, 2.75) is 13.0 Å². The van der Waals surface area contributed by atoms with Gasteiger partial charge >= 0.3 is 0 Å². The first-order chi connectivity index (χ1) is 14.0. The number of hydrogen-bond acceptors (Lipinski definition) is 5. The minimum absolute atomic E-state index is 0.00454. The maximum absolute atomic E-state index is 12.6. The first-order valence-corrected chi connectivity index (χ1v) is 10.6. The van der Waals surface area contributed by atoms with E-state index in [4.69, 9.17) is 32.7 Å². The van der Waals surface area contributed by atoms with E-state index in [9.17, 15) is 4.79 Å². The van der Waals surface area contributed by atoms with E-state index >= 15 is 0 Å². The van der Waals surface area contributed by atoms with Crippen molar-refractivity contribution in [2.24, 2.45) is 0 Å². The molecule has 0 fully saturated rings. The molecule has 1 aliphatic heterocycles. The number of ether oxygens (including phenoxy) is 2. The van der Waals surface area contributed by atoms with Crippen molar-refractivity contribution >= 4 is 46.1 Å². The summed E-state index contributed by atoms with van der Waals surface area (Å²) < 4.78 is 10.7. The van der Waals surface area contributed by atoms with E-state index in [0.29, 0.717) is 34.6 Å². The molecule has 0 bridgehead atoms. The molecule has 0 saturated heterocycles. The molecule has 4 rings (SSSR count). The second-order valence-corrected chi connectivity index (χ2v) is 8.34. The van der Waals surface area contributed by atoms with Crippen LogP contribution in [0.2, 0.25) is 10.0 Å². The van der Waals surface area contributed by atoms with Gasteiger partial charge in [-0.3, -0.25) is 4.79 Å². The summed E-state index contributed by atoms with van der Waals surface area (Å²) in [5, 5.41) is 4.11. The van der Waals surface area contributed by atoms with Crippen molar-refractivity contribution in [3.63, 3.8) is 0 Å². The van der Waals surface area contributed by atoms with Gasteiger partial charge in [-0.15, -0.1) is 11.3 Å². The Bertz CT molecular complexity index is 1050. The van der Waals surface area contributed by atoms with Gasteiger partial charge in [0.25, 0.3) is 5.91 Å². The molecule has 0 unspecified atom stereocenters. The van der Waals surface area contributed by atoms with Gasteiger partial charge in [0.15, 0.2) is 6.61 Å². The Morgan fingerprint density at radius 1 is 1.24 bits per heavy atom. The number of amides is 1. The lowest BCUT2D eigenvalue weighted by molar-refractivity contribution is -0.121. The second kappa shape index (κ2) is 8.71. The molecular formula is C21H18Cl2N2O3S. The highest BCUT2D eigenvalue weighted by Gasteiger charge is 2.27. The Morgan fingerprint density at radius 2 is 2.10 bits per heavy atom. The van der Waals surface area contributed by atoms with E-state index in [-0.39, 0.29) is 12.5 Å². The van der Waals surface area contributed by atoms with Gasteiger partial charge in [-0.1, -0.05) is 29.3 Å². The number of nitrogens with zero attached hydrogens (tertiary/aromatic N) is 2.